The molecule has 118 valence electrons. The van der Waals surface area contributed by atoms with Crippen LogP contribution in [-0.4, -0.2) is 7.11 Å². The third kappa shape index (κ3) is 6.04. The third-order valence-corrected chi connectivity index (χ3v) is 3.64. The predicted molar refractivity (Wildman–Crippen MR) is 98.6 cm³/mol. The zero-order valence-electron chi connectivity index (χ0n) is 14.0. The number of benzene rings is 2. The van der Waals surface area contributed by atoms with Crippen molar-refractivity contribution in [3.8, 4) is 17.6 Å². The molecular formula is C22H24O. The fourth-order valence-electron chi connectivity index (χ4n) is 2.23. The Morgan fingerprint density at radius 2 is 1.48 bits per heavy atom. The van der Waals surface area contributed by atoms with Crippen LogP contribution >= 0.6 is 0 Å². The largest absolute Gasteiger partial charge is 0.497 e. The number of ether oxygens (including phenoxy) is 1. The van der Waals surface area contributed by atoms with E-state index in [1.807, 2.05) is 24.3 Å². The van der Waals surface area contributed by atoms with Crippen LogP contribution in [0.25, 0.3) is 6.08 Å². The molecule has 23 heavy (non-hydrogen) atoms. The first-order valence-corrected chi connectivity index (χ1v) is 8.24. The minimum Gasteiger partial charge on any atom is -0.497 e. The van der Waals surface area contributed by atoms with E-state index in [2.05, 4.69) is 55.2 Å². The van der Waals surface area contributed by atoms with Gasteiger partial charge in [0.2, 0.25) is 0 Å². The van der Waals surface area contributed by atoms with E-state index in [0.717, 1.165) is 23.3 Å². The molecule has 2 rings (SSSR count). The molecule has 2 aromatic rings. The van der Waals surface area contributed by atoms with Crippen molar-refractivity contribution in [2.24, 2.45) is 0 Å². The van der Waals surface area contributed by atoms with Crippen molar-refractivity contribution in [1.29, 1.82) is 0 Å². The van der Waals surface area contributed by atoms with Gasteiger partial charge in [-0.25, -0.2) is 0 Å². The van der Waals surface area contributed by atoms with Gasteiger partial charge in [-0.15, -0.1) is 0 Å². The minimum atomic E-state index is 0.852. The van der Waals surface area contributed by atoms with Gasteiger partial charge in [0.15, 0.2) is 0 Å². The van der Waals surface area contributed by atoms with Crippen LogP contribution in [0.2, 0.25) is 0 Å². The van der Waals surface area contributed by atoms with E-state index in [9.17, 15) is 0 Å². The van der Waals surface area contributed by atoms with Gasteiger partial charge in [-0.3, -0.25) is 0 Å². The Balaban J connectivity index is 1.93. The molecule has 0 unspecified atom stereocenters. The summed E-state index contributed by atoms with van der Waals surface area (Å²) in [5.74, 6) is 7.22. The van der Waals surface area contributed by atoms with Crippen LogP contribution in [0.1, 0.15) is 49.3 Å². The number of unbranched alkanes of at least 4 members (excludes halogenated alkanes) is 3. The monoisotopic (exact) mass is 304 g/mol. The second-order valence-corrected chi connectivity index (χ2v) is 5.50. The molecule has 1 nitrogen and oxygen atoms in total. The zero-order chi connectivity index (χ0) is 16.3. The normalized spacial score (nSPS) is 10.3. The van der Waals surface area contributed by atoms with Crippen LogP contribution in [0.5, 0.6) is 5.75 Å². The van der Waals surface area contributed by atoms with E-state index in [1.165, 1.54) is 24.8 Å². The van der Waals surface area contributed by atoms with Crippen molar-refractivity contribution in [2.45, 2.75) is 32.6 Å². The number of rotatable bonds is 6. The highest BCUT2D eigenvalue weighted by molar-refractivity contribution is 5.52. The second-order valence-electron chi connectivity index (χ2n) is 5.50. The van der Waals surface area contributed by atoms with E-state index < -0.39 is 0 Å². The van der Waals surface area contributed by atoms with Crippen molar-refractivity contribution in [3.05, 3.63) is 71.3 Å². The summed E-state index contributed by atoms with van der Waals surface area (Å²) in [4.78, 5) is 0. The average molecular weight is 304 g/mol. The lowest BCUT2D eigenvalue weighted by atomic mass is 10.1. The summed E-state index contributed by atoms with van der Waals surface area (Å²) in [5, 5.41) is 0. The van der Waals surface area contributed by atoms with E-state index in [-0.39, 0.29) is 0 Å². The molecule has 0 bridgehead atoms. The van der Waals surface area contributed by atoms with Crippen molar-refractivity contribution in [1.82, 2.24) is 0 Å². The van der Waals surface area contributed by atoms with Gasteiger partial charge in [0.25, 0.3) is 0 Å². The molecule has 0 aliphatic heterocycles. The van der Waals surface area contributed by atoms with Crippen molar-refractivity contribution in [2.75, 3.05) is 7.11 Å². The number of methoxy groups -OCH3 is 1. The molecule has 2 aromatic carbocycles. The summed E-state index contributed by atoms with van der Waals surface area (Å²) in [7, 11) is 1.67. The van der Waals surface area contributed by atoms with Crippen molar-refractivity contribution >= 4 is 6.08 Å². The van der Waals surface area contributed by atoms with E-state index in [4.69, 9.17) is 4.74 Å². The Morgan fingerprint density at radius 1 is 0.870 bits per heavy atom. The smallest absolute Gasteiger partial charge is 0.118 e. The molecule has 0 fully saturated rings. The minimum absolute atomic E-state index is 0.852. The lowest BCUT2D eigenvalue weighted by Gasteiger charge is -1.98. The van der Waals surface area contributed by atoms with Gasteiger partial charge >= 0.3 is 0 Å². The Kier molecular flexibility index (Phi) is 7.01. The first-order chi connectivity index (χ1) is 11.3. The van der Waals surface area contributed by atoms with Gasteiger partial charge in [-0.05, 0) is 54.8 Å². The molecule has 0 amide bonds. The van der Waals surface area contributed by atoms with E-state index in [1.54, 1.807) is 7.11 Å². The van der Waals surface area contributed by atoms with E-state index >= 15 is 0 Å². The van der Waals surface area contributed by atoms with Gasteiger partial charge < -0.3 is 4.74 Å². The Hall–Kier alpha value is -2.46. The Labute approximate surface area is 140 Å². The molecule has 0 radical (unpaired) electrons. The maximum absolute atomic E-state index is 5.14. The van der Waals surface area contributed by atoms with Crippen molar-refractivity contribution in [3.63, 3.8) is 0 Å². The lowest BCUT2D eigenvalue weighted by Crippen LogP contribution is -1.82. The molecular weight excluding hydrogens is 280 g/mol. The van der Waals surface area contributed by atoms with Gasteiger partial charge in [-0.1, -0.05) is 55.9 Å². The van der Waals surface area contributed by atoms with Crippen LogP contribution in [-0.2, 0) is 0 Å². The molecule has 0 saturated carbocycles. The molecule has 0 aliphatic carbocycles. The molecule has 0 spiro atoms. The quantitative estimate of drug-likeness (QED) is 0.492. The van der Waals surface area contributed by atoms with Crippen LogP contribution < -0.4 is 4.74 Å². The Bertz CT molecular complexity index is 667. The average Bonchev–Trinajstić information content (AvgIpc) is 2.61. The highest BCUT2D eigenvalue weighted by Gasteiger charge is 1.91. The summed E-state index contributed by atoms with van der Waals surface area (Å²) in [6.45, 7) is 2.23. The molecule has 0 saturated heterocycles. The maximum Gasteiger partial charge on any atom is 0.118 e. The predicted octanol–water partition coefficient (Wildman–Crippen LogP) is 5.69. The van der Waals surface area contributed by atoms with E-state index in [0.29, 0.717) is 0 Å². The van der Waals surface area contributed by atoms with Crippen LogP contribution in [0.3, 0.4) is 0 Å². The molecule has 0 aliphatic rings. The first-order valence-electron chi connectivity index (χ1n) is 8.24. The summed E-state index contributed by atoms with van der Waals surface area (Å²) in [6.07, 6.45) is 9.47. The number of hydrogen-bond donors (Lipinski definition) is 0. The van der Waals surface area contributed by atoms with Crippen molar-refractivity contribution < 1.29 is 4.74 Å². The van der Waals surface area contributed by atoms with Gasteiger partial charge in [0.05, 0.1) is 7.11 Å². The van der Waals surface area contributed by atoms with Gasteiger partial charge in [-0.2, -0.15) is 0 Å². The summed E-state index contributed by atoms with van der Waals surface area (Å²) < 4.78 is 5.14. The van der Waals surface area contributed by atoms with Gasteiger partial charge in [0.1, 0.15) is 5.75 Å². The lowest BCUT2D eigenvalue weighted by molar-refractivity contribution is 0.415. The second kappa shape index (κ2) is 9.54. The molecule has 0 atom stereocenters. The molecule has 0 N–H and O–H groups in total. The van der Waals surface area contributed by atoms with Crippen LogP contribution in [0, 0.1) is 11.8 Å². The fraction of sp³-hybridized carbons (Fsp3) is 0.273. The Morgan fingerprint density at radius 3 is 2.04 bits per heavy atom. The zero-order valence-corrected chi connectivity index (χ0v) is 14.0. The van der Waals surface area contributed by atoms with Crippen LogP contribution in [0.4, 0.5) is 0 Å². The summed E-state index contributed by atoms with van der Waals surface area (Å²) in [6, 6.07) is 16.2. The topological polar surface area (TPSA) is 9.23 Å². The molecule has 1 heteroatoms. The maximum atomic E-state index is 5.14. The SMILES string of the molecule is CCCCC/C=C/c1ccc(C#Cc2ccc(OC)cc2)cc1. The van der Waals surface area contributed by atoms with Gasteiger partial charge in [0, 0.05) is 11.1 Å². The first kappa shape index (κ1) is 16.9. The molecule has 0 heterocycles. The summed E-state index contributed by atoms with van der Waals surface area (Å²) >= 11 is 0. The number of hydrogen-bond acceptors (Lipinski definition) is 1. The third-order valence-electron chi connectivity index (χ3n) is 3.64. The van der Waals surface area contributed by atoms with Crippen LogP contribution in [0.15, 0.2) is 54.6 Å². The highest BCUT2D eigenvalue weighted by atomic mass is 16.5. The summed E-state index contributed by atoms with van der Waals surface area (Å²) in [5.41, 5.74) is 3.26. The highest BCUT2D eigenvalue weighted by Crippen LogP contribution is 2.11. The molecule has 0 aromatic heterocycles. The standard InChI is InChI=1S/C22H24O/c1-3-4-5-6-7-8-19-9-11-20(12-10-19)13-14-21-15-17-22(23-2)18-16-21/h7-12,15-18H,3-6H2,1-2H3/b8-7+. The fourth-order valence-corrected chi connectivity index (χ4v) is 2.23. The number of allylic oxidation sites excluding steroid dienone is 1.